The number of nitrogens with zero attached hydrogens (tertiary/aromatic N) is 3. The summed E-state index contributed by atoms with van der Waals surface area (Å²) in [6, 6.07) is 8.39. The van der Waals surface area contributed by atoms with Gasteiger partial charge in [-0.05, 0) is 50.3 Å². The van der Waals surface area contributed by atoms with Gasteiger partial charge in [0.05, 0.1) is 17.9 Å². The summed E-state index contributed by atoms with van der Waals surface area (Å²) in [5, 5.41) is 14.9. The smallest absolute Gasteiger partial charge is 0.122 e. The Labute approximate surface area is 149 Å². The molecule has 2 aromatic rings. The van der Waals surface area contributed by atoms with Crippen LogP contribution in [0.4, 0.5) is 0 Å². The summed E-state index contributed by atoms with van der Waals surface area (Å²) >= 11 is 0. The van der Waals surface area contributed by atoms with Gasteiger partial charge in [-0.3, -0.25) is 9.58 Å². The lowest BCUT2D eigenvalue weighted by Crippen LogP contribution is -2.36. The molecule has 1 saturated carbocycles. The van der Waals surface area contributed by atoms with Crippen LogP contribution in [0.1, 0.15) is 41.5 Å². The predicted octanol–water partition coefficient (Wildman–Crippen LogP) is 2.84. The quantitative estimate of drug-likeness (QED) is 0.878. The minimum atomic E-state index is -0.376. The third-order valence-corrected chi connectivity index (χ3v) is 5.26. The molecule has 1 aromatic carbocycles. The highest BCUT2D eigenvalue weighted by atomic mass is 16.5. The Morgan fingerprint density at radius 2 is 2.08 bits per heavy atom. The first-order valence-corrected chi connectivity index (χ1v) is 9.27. The van der Waals surface area contributed by atoms with Crippen molar-refractivity contribution in [2.45, 2.75) is 45.9 Å². The monoisotopic (exact) mass is 341 g/mol. The van der Waals surface area contributed by atoms with Gasteiger partial charge in [-0.1, -0.05) is 17.7 Å². The van der Waals surface area contributed by atoms with Gasteiger partial charge in [-0.25, -0.2) is 0 Å². The molecular formula is C20H27N3O2. The van der Waals surface area contributed by atoms with E-state index in [0.29, 0.717) is 12.5 Å². The molecule has 1 aromatic heterocycles. The maximum atomic E-state index is 10.3. The van der Waals surface area contributed by atoms with Gasteiger partial charge in [-0.15, -0.1) is 0 Å². The van der Waals surface area contributed by atoms with Crippen LogP contribution in [0.2, 0.25) is 0 Å². The molecular weight excluding hydrogens is 314 g/mol. The molecule has 1 atom stereocenters. The van der Waals surface area contributed by atoms with Crippen LogP contribution in [0.5, 0.6) is 5.75 Å². The summed E-state index contributed by atoms with van der Waals surface area (Å²) in [5.41, 5.74) is 4.51. The van der Waals surface area contributed by atoms with Crippen LogP contribution in [0.15, 0.2) is 24.3 Å². The van der Waals surface area contributed by atoms with E-state index in [2.05, 4.69) is 52.8 Å². The fraction of sp³-hybridized carbons (Fsp3) is 0.550. The van der Waals surface area contributed by atoms with E-state index in [9.17, 15) is 5.11 Å². The average Bonchev–Trinajstić information content (AvgIpc) is 3.35. The normalized spacial score (nSPS) is 18.8. The lowest BCUT2D eigenvalue weighted by Gasteiger charge is -2.27. The van der Waals surface area contributed by atoms with Crippen molar-refractivity contribution in [3.8, 4) is 5.75 Å². The Hall–Kier alpha value is -1.85. The van der Waals surface area contributed by atoms with E-state index >= 15 is 0 Å². The molecule has 0 amide bonds. The van der Waals surface area contributed by atoms with E-state index < -0.39 is 0 Å². The summed E-state index contributed by atoms with van der Waals surface area (Å²) in [5.74, 6) is 1.40. The summed E-state index contributed by atoms with van der Waals surface area (Å²) in [6.45, 7) is 8.52. The first-order chi connectivity index (χ1) is 12.1. The molecule has 1 aliphatic carbocycles. The van der Waals surface area contributed by atoms with Crippen LogP contribution in [0, 0.1) is 19.8 Å². The number of rotatable bonds is 6. The Morgan fingerprint density at radius 1 is 1.24 bits per heavy atom. The number of aliphatic hydroxyl groups is 1. The van der Waals surface area contributed by atoms with E-state index in [0.717, 1.165) is 50.5 Å². The number of ether oxygens (including phenoxy) is 1. The molecule has 25 heavy (non-hydrogen) atoms. The molecule has 0 saturated heterocycles. The van der Waals surface area contributed by atoms with Crippen LogP contribution >= 0.6 is 0 Å². The van der Waals surface area contributed by atoms with Crippen molar-refractivity contribution in [3.05, 3.63) is 46.8 Å². The van der Waals surface area contributed by atoms with Crippen molar-refractivity contribution in [1.29, 1.82) is 0 Å². The standard InChI is InChI=1S/C20H27N3O2/c1-14-3-6-19(15(2)11-14)25-10-9-22-7-8-23-17(13-22)12-18(21-23)20(24)16-4-5-16/h3,6,11-12,16,20,24H,4-5,7-10,13H2,1-2H3/t20-/m1/s1. The minimum absolute atomic E-state index is 0.376. The predicted molar refractivity (Wildman–Crippen MR) is 96.6 cm³/mol. The Balaban J connectivity index is 1.31. The lowest BCUT2D eigenvalue weighted by molar-refractivity contribution is 0.147. The Morgan fingerprint density at radius 3 is 2.84 bits per heavy atom. The fourth-order valence-electron chi connectivity index (χ4n) is 3.58. The fourth-order valence-corrected chi connectivity index (χ4v) is 3.58. The van der Waals surface area contributed by atoms with Gasteiger partial charge in [0.15, 0.2) is 0 Å². The molecule has 2 aliphatic rings. The maximum Gasteiger partial charge on any atom is 0.122 e. The lowest BCUT2D eigenvalue weighted by atomic mass is 10.1. The van der Waals surface area contributed by atoms with E-state index in [1.54, 1.807) is 0 Å². The van der Waals surface area contributed by atoms with Gasteiger partial charge in [-0.2, -0.15) is 5.10 Å². The van der Waals surface area contributed by atoms with Crippen molar-refractivity contribution in [2.24, 2.45) is 5.92 Å². The number of aryl methyl sites for hydroxylation is 2. The van der Waals surface area contributed by atoms with E-state index in [-0.39, 0.29) is 6.10 Å². The summed E-state index contributed by atoms with van der Waals surface area (Å²) in [7, 11) is 0. The van der Waals surface area contributed by atoms with Crippen molar-refractivity contribution in [2.75, 3.05) is 19.7 Å². The van der Waals surface area contributed by atoms with Gasteiger partial charge in [0.1, 0.15) is 18.5 Å². The molecule has 0 bridgehead atoms. The molecule has 4 rings (SSSR count). The SMILES string of the molecule is Cc1ccc(OCCN2CCn3nc([C@H](O)C4CC4)cc3C2)c(C)c1. The number of fused-ring (bicyclic) bond motifs is 1. The molecule has 0 spiro atoms. The van der Waals surface area contributed by atoms with E-state index in [1.807, 2.05) is 0 Å². The van der Waals surface area contributed by atoms with E-state index in [1.165, 1.54) is 16.8 Å². The molecule has 1 N–H and O–H groups in total. The van der Waals surface area contributed by atoms with Crippen LogP contribution in [0.3, 0.4) is 0 Å². The number of hydrogen-bond acceptors (Lipinski definition) is 4. The number of aromatic nitrogens is 2. The van der Waals surface area contributed by atoms with Crippen LogP contribution in [-0.2, 0) is 13.1 Å². The first-order valence-electron chi connectivity index (χ1n) is 9.27. The van der Waals surface area contributed by atoms with Crippen LogP contribution in [0.25, 0.3) is 0 Å². The van der Waals surface area contributed by atoms with Gasteiger partial charge < -0.3 is 9.84 Å². The molecule has 5 heteroatoms. The largest absolute Gasteiger partial charge is 0.492 e. The summed E-state index contributed by atoms with van der Waals surface area (Å²) in [6.07, 6.45) is 1.88. The number of hydrogen-bond donors (Lipinski definition) is 1. The molecule has 2 heterocycles. The van der Waals surface area contributed by atoms with Gasteiger partial charge in [0.25, 0.3) is 0 Å². The molecule has 0 radical (unpaired) electrons. The minimum Gasteiger partial charge on any atom is -0.492 e. The second-order valence-corrected chi connectivity index (χ2v) is 7.46. The van der Waals surface area contributed by atoms with Crippen molar-refractivity contribution in [3.63, 3.8) is 0 Å². The zero-order valence-corrected chi connectivity index (χ0v) is 15.1. The number of aliphatic hydroxyl groups excluding tert-OH is 1. The third-order valence-electron chi connectivity index (χ3n) is 5.26. The molecule has 5 nitrogen and oxygen atoms in total. The Bertz CT molecular complexity index is 751. The van der Waals surface area contributed by atoms with Crippen molar-refractivity contribution in [1.82, 2.24) is 14.7 Å². The summed E-state index contributed by atoms with van der Waals surface area (Å²) < 4.78 is 8.02. The topological polar surface area (TPSA) is 50.5 Å². The van der Waals surface area contributed by atoms with E-state index in [4.69, 9.17) is 4.74 Å². The first kappa shape index (κ1) is 16.6. The van der Waals surface area contributed by atoms with Gasteiger partial charge >= 0.3 is 0 Å². The third kappa shape index (κ3) is 3.72. The van der Waals surface area contributed by atoms with Gasteiger partial charge in [0, 0.05) is 19.6 Å². The maximum absolute atomic E-state index is 10.3. The molecule has 134 valence electrons. The van der Waals surface area contributed by atoms with Crippen LogP contribution < -0.4 is 4.74 Å². The zero-order valence-electron chi connectivity index (χ0n) is 15.1. The highest BCUT2D eigenvalue weighted by Crippen LogP contribution is 2.40. The molecule has 1 fully saturated rings. The number of benzene rings is 1. The Kier molecular flexibility index (Phi) is 4.52. The molecule has 1 aliphatic heterocycles. The van der Waals surface area contributed by atoms with Crippen molar-refractivity contribution >= 4 is 0 Å². The summed E-state index contributed by atoms with van der Waals surface area (Å²) in [4.78, 5) is 2.40. The average molecular weight is 341 g/mol. The highest BCUT2D eigenvalue weighted by molar-refractivity contribution is 5.35. The van der Waals surface area contributed by atoms with Crippen molar-refractivity contribution < 1.29 is 9.84 Å². The highest BCUT2D eigenvalue weighted by Gasteiger charge is 2.33. The van der Waals surface area contributed by atoms with Gasteiger partial charge in [0.2, 0.25) is 0 Å². The second-order valence-electron chi connectivity index (χ2n) is 7.46. The second kappa shape index (κ2) is 6.81. The van der Waals surface area contributed by atoms with Crippen LogP contribution in [-0.4, -0.2) is 39.5 Å². The molecule has 0 unspecified atom stereocenters. The zero-order chi connectivity index (χ0) is 17.4.